The number of ether oxygens (including phenoxy) is 1. The number of likely N-dealkylation sites (tertiary alicyclic amines) is 1. The Morgan fingerprint density at radius 1 is 1.30 bits per heavy atom. The van der Waals surface area contributed by atoms with E-state index in [4.69, 9.17) is 10.5 Å². The van der Waals surface area contributed by atoms with Crippen LogP contribution in [0.15, 0.2) is 24.3 Å². The fourth-order valence-electron chi connectivity index (χ4n) is 3.27. The van der Waals surface area contributed by atoms with Crippen LogP contribution in [0.3, 0.4) is 0 Å². The minimum absolute atomic E-state index is 0.285. The Morgan fingerprint density at radius 2 is 2.00 bits per heavy atom. The lowest BCUT2D eigenvalue weighted by Crippen LogP contribution is -2.47. The number of methoxy groups -OCH3 is 1. The van der Waals surface area contributed by atoms with Crippen LogP contribution in [0.4, 0.5) is 0 Å². The third kappa shape index (κ3) is 3.74. The number of benzene rings is 1. The quantitative estimate of drug-likeness (QED) is 0.868. The van der Waals surface area contributed by atoms with Gasteiger partial charge in [-0.1, -0.05) is 26.0 Å². The molecule has 112 valence electrons. The zero-order chi connectivity index (χ0) is 14.6. The van der Waals surface area contributed by atoms with Crippen molar-refractivity contribution >= 4 is 0 Å². The van der Waals surface area contributed by atoms with Crippen molar-refractivity contribution in [2.75, 3.05) is 26.7 Å². The monoisotopic (exact) mass is 276 g/mol. The first-order valence-electron chi connectivity index (χ1n) is 7.69. The average Bonchev–Trinajstić information content (AvgIpc) is 2.90. The topological polar surface area (TPSA) is 38.5 Å². The maximum absolute atomic E-state index is 6.83. The van der Waals surface area contributed by atoms with Gasteiger partial charge in [0.25, 0.3) is 0 Å². The molecule has 1 saturated heterocycles. The fourth-order valence-corrected chi connectivity index (χ4v) is 3.27. The summed E-state index contributed by atoms with van der Waals surface area (Å²) in [4.78, 5) is 2.50. The molecule has 0 saturated carbocycles. The smallest absolute Gasteiger partial charge is 0.119 e. The Morgan fingerprint density at radius 3 is 2.60 bits per heavy atom. The standard InChI is InChI=1S/C17H28N2O/c1-14(2)12-17(18,13-19-9-4-5-10-19)15-7-6-8-16(11-15)20-3/h6-8,11,14H,4-5,9-10,12-13,18H2,1-3H3. The number of hydrogen-bond donors (Lipinski definition) is 1. The Labute approximate surface area is 123 Å². The molecule has 3 nitrogen and oxygen atoms in total. The zero-order valence-electron chi connectivity index (χ0n) is 13.1. The third-order valence-corrected chi connectivity index (χ3v) is 4.12. The second-order valence-electron chi connectivity index (χ2n) is 6.47. The fraction of sp³-hybridized carbons (Fsp3) is 0.647. The van der Waals surface area contributed by atoms with E-state index in [1.165, 1.54) is 31.5 Å². The van der Waals surface area contributed by atoms with Crippen molar-refractivity contribution in [2.45, 2.75) is 38.6 Å². The van der Waals surface area contributed by atoms with Crippen molar-refractivity contribution in [3.05, 3.63) is 29.8 Å². The molecule has 1 aliphatic heterocycles. The maximum atomic E-state index is 6.83. The summed E-state index contributed by atoms with van der Waals surface area (Å²) in [6.45, 7) is 7.79. The number of hydrogen-bond acceptors (Lipinski definition) is 3. The van der Waals surface area contributed by atoms with E-state index in [1.54, 1.807) is 7.11 Å². The molecule has 1 unspecified atom stereocenters. The Kier molecular flexibility index (Phi) is 5.06. The Bertz CT molecular complexity index is 427. The Hall–Kier alpha value is -1.06. The summed E-state index contributed by atoms with van der Waals surface area (Å²) < 4.78 is 5.36. The van der Waals surface area contributed by atoms with Crippen molar-refractivity contribution in [1.82, 2.24) is 4.90 Å². The molecule has 2 rings (SSSR count). The first kappa shape index (κ1) is 15.3. The summed E-state index contributed by atoms with van der Waals surface area (Å²) in [5, 5.41) is 0. The highest BCUT2D eigenvalue weighted by molar-refractivity contribution is 5.33. The number of nitrogens with two attached hydrogens (primary N) is 1. The van der Waals surface area contributed by atoms with Crippen LogP contribution in [0.2, 0.25) is 0 Å². The van der Waals surface area contributed by atoms with Gasteiger partial charge < -0.3 is 15.4 Å². The summed E-state index contributed by atoms with van der Waals surface area (Å²) in [7, 11) is 1.71. The van der Waals surface area contributed by atoms with E-state index in [1.807, 2.05) is 12.1 Å². The molecule has 0 amide bonds. The lowest BCUT2D eigenvalue weighted by Gasteiger charge is -2.35. The molecule has 20 heavy (non-hydrogen) atoms. The average molecular weight is 276 g/mol. The molecule has 0 aromatic heterocycles. The molecule has 2 N–H and O–H groups in total. The highest BCUT2D eigenvalue weighted by Crippen LogP contribution is 2.30. The van der Waals surface area contributed by atoms with E-state index in [-0.39, 0.29) is 5.54 Å². The van der Waals surface area contributed by atoms with Gasteiger partial charge in [-0.15, -0.1) is 0 Å². The van der Waals surface area contributed by atoms with Crippen molar-refractivity contribution in [3.8, 4) is 5.75 Å². The van der Waals surface area contributed by atoms with Gasteiger partial charge in [0.2, 0.25) is 0 Å². The van der Waals surface area contributed by atoms with Gasteiger partial charge in [0, 0.05) is 6.54 Å². The van der Waals surface area contributed by atoms with E-state index in [0.29, 0.717) is 5.92 Å². The van der Waals surface area contributed by atoms with Crippen LogP contribution in [0, 0.1) is 5.92 Å². The van der Waals surface area contributed by atoms with Crippen molar-refractivity contribution in [1.29, 1.82) is 0 Å². The van der Waals surface area contributed by atoms with Gasteiger partial charge in [-0.2, -0.15) is 0 Å². The van der Waals surface area contributed by atoms with Crippen LogP contribution in [-0.2, 0) is 5.54 Å². The van der Waals surface area contributed by atoms with E-state index in [2.05, 4.69) is 30.9 Å². The SMILES string of the molecule is COc1cccc(C(N)(CC(C)C)CN2CCCC2)c1. The molecule has 0 radical (unpaired) electrons. The van der Waals surface area contributed by atoms with Crippen LogP contribution in [0.1, 0.15) is 38.7 Å². The van der Waals surface area contributed by atoms with Gasteiger partial charge in [-0.3, -0.25) is 0 Å². The lowest BCUT2D eigenvalue weighted by molar-refractivity contribution is 0.219. The number of rotatable bonds is 6. The van der Waals surface area contributed by atoms with E-state index in [0.717, 1.165) is 18.7 Å². The molecular formula is C17H28N2O. The first-order chi connectivity index (χ1) is 9.53. The predicted molar refractivity (Wildman–Crippen MR) is 84.0 cm³/mol. The highest BCUT2D eigenvalue weighted by atomic mass is 16.5. The van der Waals surface area contributed by atoms with Crippen LogP contribution in [0.25, 0.3) is 0 Å². The molecule has 0 bridgehead atoms. The van der Waals surface area contributed by atoms with Crippen molar-refractivity contribution < 1.29 is 4.74 Å². The summed E-state index contributed by atoms with van der Waals surface area (Å²) in [6.07, 6.45) is 3.60. The van der Waals surface area contributed by atoms with Gasteiger partial charge in [0.05, 0.1) is 12.6 Å². The second-order valence-corrected chi connectivity index (χ2v) is 6.47. The van der Waals surface area contributed by atoms with E-state index < -0.39 is 0 Å². The predicted octanol–water partition coefficient (Wildman–Crippen LogP) is 2.99. The summed E-state index contributed by atoms with van der Waals surface area (Å²) in [5.74, 6) is 1.47. The van der Waals surface area contributed by atoms with Gasteiger partial charge in [0.15, 0.2) is 0 Å². The minimum atomic E-state index is -0.285. The molecule has 1 aliphatic rings. The molecular weight excluding hydrogens is 248 g/mol. The van der Waals surface area contributed by atoms with Gasteiger partial charge in [-0.25, -0.2) is 0 Å². The second kappa shape index (κ2) is 6.59. The maximum Gasteiger partial charge on any atom is 0.119 e. The van der Waals surface area contributed by atoms with Crippen LogP contribution < -0.4 is 10.5 Å². The molecule has 0 spiro atoms. The summed E-state index contributed by atoms with van der Waals surface area (Å²) in [5.41, 5.74) is 7.73. The molecule has 1 aromatic rings. The molecule has 1 fully saturated rings. The van der Waals surface area contributed by atoms with E-state index >= 15 is 0 Å². The van der Waals surface area contributed by atoms with Crippen molar-refractivity contribution in [2.24, 2.45) is 11.7 Å². The largest absolute Gasteiger partial charge is 0.497 e. The molecule has 1 aromatic carbocycles. The van der Waals surface area contributed by atoms with Crippen LogP contribution in [-0.4, -0.2) is 31.6 Å². The Balaban J connectivity index is 2.23. The highest BCUT2D eigenvalue weighted by Gasteiger charge is 2.32. The lowest BCUT2D eigenvalue weighted by atomic mass is 9.82. The minimum Gasteiger partial charge on any atom is -0.497 e. The number of nitrogens with zero attached hydrogens (tertiary/aromatic N) is 1. The first-order valence-corrected chi connectivity index (χ1v) is 7.69. The third-order valence-electron chi connectivity index (χ3n) is 4.12. The molecule has 0 aliphatic carbocycles. The normalized spacial score (nSPS) is 19.2. The van der Waals surface area contributed by atoms with E-state index in [9.17, 15) is 0 Å². The van der Waals surface area contributed by atoms with Crippen LogP contribution in [0.5, 0.6) is 5.75 Å². The van der Waals surface area contributed by atoms with Gasteiger partial charge in [-0.05, 0) is 56.0 Å². The van der Waals surface area contributed by atoms with Gasteiger partial charge in [0.1, 0.15) is 5.75 Å². The zero-order valence-corrected chi connectivity index (χ0v) is 13.1. The summed E-state index contributed by atoms with van der Waals surface area (Å²) >= 11 is 0. The van der Waals surface area contributed by atoms with Crippen LogP contribution >= 0.6 is 0 Å². The molecule has 1 heterocycles. The molecule has 1 atom stereocenters. The molecule has 3 heteroatoms. The van der Waals surface area contributed by atoms with Crippen molar-refractivity contribution in [3.63, 3.8) is 0 Å². The van der Waals surface area contributed by atoms with Gasteiger partial charge >= 0.3 is 0 Å². The summed E-state index contributed by atoms with van der Waals surface area (Å²) in [6, 6.07) is 8.26.